The molecule has 0 spiro atoms. The molecular weight excluding hydrogens is 250 g/mol. The van der Waals surface area contributed by atoms with Crippen LogP contribution in [0.3, 0.4) is 0 Å². The first-order valence-corrected chi connectivity index (χ1v) is 7.32. The Morgan fingerprint density at radius 1 is 1.55 bits per heavy atom. The molecule has 1 amide bonds. The van der Waals surface area contributed by atoms with Gasteiger partial charge in [-0.15, -0.1) is 0 Å². The first-order valence-electron chi connectivity index (χ1n) is 7.32. The molecule has 0 aromatic carbocycles. The summed E-state index contributed by atoms with van der Waals surface area (Å²) < 4.78 is 0. The smallest absolute Gasteiger partial charge is 0.219 e. The van der Waals surface area contributed by atoms with Crippen molar-refractivity contribution in [2.24, 2.45) is 0 Å². The van der Waals surface area contributed by atoms with Crippen molar-refractivity contribution in [3.63, 3.8) is 0 Å². The molecule has 0 aliphatic carbocycles. The summed E-state index contributed by atoms with van der Waals surface area (Å²) in [5, 5.41) is 3.42. The molecule has 0 saturated carbocycles. The number of hydrogen-bond acceptors (Lipinski definition) is 3. The molecule has 112 valence electrons. The number of anilines is 1. The molecule has 1 saturated heterocycles. The van der Waals surface area contributed by atoms with Gasteiger partial charge in [-0.1, -0.05) is 20.8 Å². The van der Waals surface area contributed by atoms with Crippen molar-refractivity contribution in [3.8, 4) is 0 Å². The maximum Gasteiger partial charge on any atom is 0.219 e. The second-order valence-electron chi connectivity index (χ2n) is 6.39. The number of likely N-dealkylation sites (tertiary alicyclic amines) is 1. The first-order chi connectivity index (χ1) is 9.33. The van der Waals surface area contributed by atoms with E-state index in [4.69, 9.17) is 0 Å². The van der Waals surface area contributed by atoms with Gasteiger partial charge in [0.25, 0.3) is 0 Å². The molecule has 0 atom stereocenters. The van der Waals surface area contributed by atoms with E-state index in [0.29, 0.717) is 6.04 Å². The van der Waals surface area contributed by atoms with E-state index in [-0.39, 0.29) is 12.7 Å². The zero-order chi connectivity index (χ0) is 14.9. The topological polar surface area (TPSA) is 45.2 Å². The van der Waals surface area contributed by atoms with Crippen molar-refractivity contribution in [2.45, 2.75) is 52.5 Å². The molecule has 0 unspecified atom stereocenters. The number of rotatable bonds is 4. The van der Waals surface area contributed by atoms with Gasteiger partial charge in [0.2, 0.25) is 5.91 Å². The Bertz CT molecular complexity index is 510. The summed E-state index contributed by atoms with van der Waals surface area (Å²) in [4.78, 5) is 17.5. The summed E-state index contributed by atoms with van der Waals surface area (Å²) in [7, 11) is 0. The van der Waals surface area contributed by atoms with Crippen molar-refractivity contribution < 1.29 is 6.22 Å². The van der Waals surface area contributed by atoms with Gasteiger partial charge >= 0.3 is 0 Å². The van der Waals surface area contributed by atoms with Gasteiger partial charge in [0.15, 0.2) is 0 Å². The monoisotopic (exact) mass is 277 g/mol. The lowest BCUT2D eigenvalue weighted by molar-refractivity contribution is -0.132. The van der Waals surface area contributed by atoms with Crippen LogP contribution in [0.25, 0.3) is 0 Å². The van der Waals surface area contributed by atoms with Crippen LogP contribution in [0.15, 0.2) is 12.3 Å². The second-order valence-corrected chi connectivity index (χ2v) is 6.39. The number of aromatic nitrogens is 1. The Morgan fingerprint density at radius 2 is 2.20 bits per heavy atom. The zero-order valence-electron chi connectivity index (χ0n) is 13.2. The first kappa shape index (κ1) is 14.8. The van der Waals surface area contributed by atoms with Crippen LogP contribution < -0.4 is 5.32 Å². The van der Waals surface area contributed by atoms with E-state index < -0.39 is 0 Å². The normalized spacial score (nSPS) is 15.9. The largest absolute Gasteiger partial charge is 0.364 e. The van der Waals surface area contributed by atoms with Crippen LogP contribution >= 0.6 is 0 Å². The lowest BCUT2D eigenvalue weighted by Crippen LogP contribution is -2.56. The van der Waals surface area contributed by atoms with E-state index in [1.165, 1.54) is 11.1 Å². The number of amides is 1. The Labute approximate surface area is 123 Å². The van der Waals surface area contributed by atoms with Crippen LogP contribution in [0.1, 0.15) is 46.7 Å². The van der Waals surface area contributed by atoms with E-state index in [9.17, 15) is 4.79 Å². The fourth-order valence-electron chi connectivity index (χ4n) is 2.56. The Balaban J connectivity index is 0.00000220. The highest BCUT2D eigenvalue weighted by Gasteiger charge is 2.29. The van der Waals surface area contributed by atoms with Gasteiger partial charge in [-0.3, -0.25) is 4.79 Å². The van der Waals surface area contributed by atoms with E-state index in [1.54, 1.807) is 6.92 Å². The standard InChI is InChI=1S/C16H25N3O.H2/c1-6-16(4,5)14-7-15(17-8-11(14)2)18-13-9-19(10-13)12(3)20;/h7-8,13H,6,9-10H2,1-5H3,(H,17,18);1H. The average Bonchev–Trinajstić information content (AvgIpc) is 2.34. The minimum atomic E-state index is 0. The number of aryl methyl sites for hydroxylation is 1. The van der Waals surface area contributed by atoms with Crippen LogP contribution in [0, 0.1) is 6.92 Å². The molecule has 0 bridgehead atoms. The third-order valence-electron chi connectivity index (χ3n) is 4.40. The van der Waals surface area contributed by atoms with Crippen LogP contribution in [0.5, 0.6) is 0 Å². The summed E-state index contributed by atoms with van der Waals surface area (Å²) >= 11 is 0. The maximum atomic E-state index is 11.2. The fraction of sp³-hybridized carbons (Fsp3) is 0.625. The molecule has 0 radical (unpaired) electrons. The maximum absolute atomic E-state index is 11.2. The predicted octanol–water partition coefficient (Wildman–Crippen LogP) is 2.97. The minimum Gasteiger partial charge on any atom is -0.364 e. The molecule has 4 nitrogen and oxygen atoms in total. The van der Waals surface area contributed by atoms with Crippen molar-refractivity contribution in [1.82, 2.24) is 9.88 Å². The molecular formula is C16H27N3O. The zero-order valence-corrected chi connectivity index (χ0v) is 13.2. The fourth-order valence-corrected chi connectivity index (χ4v) is 2.56. The van der Waals surface area contributed by atoms with E-state index in [0.717, 1.165) is 25.3 Å². The number of pyridine rings is 1. The second kappa shape index (κ2) is 5.43. The average molecular weight is 277 g/mol. The molecule has 20 heavy (non-hydrogen) atoms. The van der Waals surface area contributed by atoms with Crippen LogP contribution in [-0.2, 0) is 10.2 Å². The number of carbonyl (C=O) groups is 1. The SMILES string of the molecule is CCC(C)(C)c1cc(NC2CN(C(C)=O)C2)ncc1C.[HH]. The summed E-state index contributed by atoms with van der Waals surface area (Å²) in [6.07, 6.45) is 3.04. The summed E-state index contributed by atoms with van der Waals surface area (Å²) in [5.41, 5.74) is 2.75. The highest BCUT2D eigenvalue weighted by Crippen LogP contribution is 2.30. The molecule has 1 aliphatic heterocycles. The van der Waals surface area contributed by atoms with E-state index in [2.05, 4.69) is 44.1 Å². The van der Waals surface area contributed by atoms with Crippen LogP contribution in [-0.4, -0.2) is 34.9 Å². The third kappa shape index (κ3) is 2.94. The number of hydrogen-bond donors (Lipinski definition) is 1. The highest BCUT2D eigenvalue weighted by molar-refractivity contribution is 5.74. The Hall–Kier alpha value is -1.58. The molecule has 2 heterocycles. The van der Waals surface area contributed by atoms with Gasteiger partial charge in [0.1, 0.15) is 5.82 Å². The molecule has 4 heteroatoms. The summed E-state index contributed by atoms with van der Waals surface area (Å²) in [5.74, 6) is 1.06. The summed E-state index contributed by atoms with van der Waals surface area (Å²) in [6, 6.07) is 2.49. The van der Waals surface area contributed by atoms with Gasteiger partial charge in [-0.2, -0.15) is 0 Å². The molecule has 2 rings (SSSR count). The number of carbonyl (C=O) groups excluding carboxylic acids is 1. The predicted molar refractivity (Wildman–Crippen MR) is 84.1 cm³/mol. The molecule has 1 fully saturated rings. The van der Waals surface area contributed by atoms with Crippen molar-refractivity contribution in [1.29, 1.82) is 0 Å². The van der Waals surface area contributed by atoms with Crippen LogP contribution in [0.2, 0.25) is 0 Å². The summed E-state index contributed by atoms with van der Waals surface area (Å²) in [6.45, 7) is 12.0. The quantitative estimate of drug-likeness (QED) is 0.920. The minimum absolute atomic E-state index is 0. The van der Waals surface area contributed by atoms with Crippen LogP contribution in [0.4, 0.5) is 5.82 Å². The van der Waals surface area contributed by atoms with Gasteiger partial charge in [0, 0.05) is 27.6 Å². The van der Waals surface area contributed by atoms with Gasteiger partial charge in [-0.25, -0.2) is 4.98 Å². The van der Waals surface area contributed by atoms with Crippen molar-refractivity contribution in [2.75, 3.05) is 18.4 Å². The lowest BCUT2D eigenvalue weighted by Gasteiger charge is -2.39. The number of nitrogens with zero attached hydrogens (tertiary/aromatic N) is 2. The van der Waals surface area contributed by atoms with E-state index >= 15 is 0 Å². The van der Waals surface area contributed by atoms with Crippen molar-refractivity contribution in [3.05, 3.63) is 23.4 Å². The third-order valence-corrected chi connectivity index (χ3v) is 4.40. The van der Waals surface area contributed by atoms with Crippen molar-refractivity contribution >= 4 is 11.7 Å². The lowest BCUT2D eigenvalue weighted by atomic mass is 9.80. The molecule has 1 aliphatic rings. The Morgan fingerprint density at radius 3 is 2.75 bits per heavy atom. The molecule has 1 aromatic heterocycles. The van der Waals surface area contributed by atoms with E-state index in [1.807, 2.05) is 11.1 Å². The number of nitrogens with one attached hydrogen (secondary N) is 1. The molecule has 1 aromatic rings. The van der Waals surface area contributed by atoms with Gasteiger partial charge < -0.3 is 10.2 Å². The Kier molecular flexibility index (Phi) is 4.02. The molecule has 1 N–H and O–H groups in total. The van der Waals surface area contributed by atoms with Gasteiger partial charge in [0.05, 0.1) is 6.04 Å². The highest BCUT2D eigenvalue weighted by atomic mass is 16.2. The van der Waals surface area contributed by atoms with Gasteiger partial charge in [-0.05, 0) is 36.0 Å².